The molecule has 1 fully saturated rings. The molecule has 0 aromatic heterocycles. The normalized spacial score (nSPS) is 14.9. The summed E-state index contributed by atoms with van der Waals surface area (Å²) in [6.45, 7) is 6.18. The number of ether oxygens (including phenoxy) is 2. The maximum absolute atomic E-state index is 12.0. The number of alkyl carbamates (subject to hydrolysis) is 1. The first-order chi connectivity index (χ1) is 16.1. The summed E-state index contributed by atoms with van der Waals surface area (Å²) >= 11 is 0. The second-order valence-corrected chi connectivity index (χ2v) is 8.09. The van der Waals surface area contributed by atoms with Gasteiger partial charge in [0.2, 0.25) is 0 Å². The summed E-state index contributed by atoms with van der Waals surface area (Å²) < 4.78 is 10.9. The molecule has 1 saturated heterocycles. The van der Waals surface area contributed by atoms with E-state index in [0.29, 0.717) is 6.61 Å². The van der Waals surface area contributed by atoms with Crippen LogP contribution in [-0.2, 0) is 22.6 Å². The minimum absolute atomic E-state index is 0.0836. The smallest absolute Gasteiger partial charge is 0.408 e. The van der Waals surface area contributed by atoms with Gasteiger partial charge in [0, 0.05) is 32.6 Å². The topological polar surface area (TPSA) is 100 Å². The number of benzene rings is 2. The molecule has 178 valence electrons. The molecule has 8 heteroatoms. The van der Waals surface area contributed by atoms with Crippen LogP contribution in [-0.4, -0.2) is 67.4 Å². The number of rotatable bonds is 12. The third-order valence-corrected chi connectivity index (χ3v) is 5.51. The number of amides is 1. The van der Waals surface area contributed by atoms with Gasteiger partial charge in [0.15, 0.2) is 0 Å². The molecule has 33 heavy (non-hydrogen) atoms. The standard InChI is InChI=1S/C25H33N3O5/c29-24(30)23(27-25(31)33-19-21-6-2-1-3-7-21)18-20-8-10-22(11-9-20)32-17-5-4-14-28-15-12-26-13-16-28/h1-3,6-11,23,26H,4-5,12-19H2,(H,27,31)(H,29,30)/t23-/m0/s1. The lowest BCUT2D eigenvalue weighted by atomic mass is 10.1. The molecule has 1 aliphatic rings. The second kappa shape index (κ2) is 13.4. The van der Waals surface area contributed by atoms with E-state index in [1.807, 2.05) is 54.6 Å². The number of piperazine rings is 1. The van der Waals surface area contributed by atoms with Crippen LogP contribution >= 0.6 is 0 Å². The molecule has 0 radical (unpaired) electrons. The van der Waals surface area contributed by atoms with Crippen LogP contribution < -0.4 is 15.4 Å². The number of nitrogens with zero attached hydrogens (tertiary/aromatic N) is 1. The van der Waals surface area contributed by atoms with Crippen molar-refractivity contribution in [3.63, 3.8) is 0 Å². The predicted octanol–water partition coefficient (Wildman–Crippen LogP) is 2.67. The van der Waals surface area contributed by atoms with Gasteiger partial charge in [-0.3, -0.25) is 0 Å². The van der Waals surface area contributed by atoms with Crippen molar-refractivity contribution in [2.45, 2.75) is 31.9 Å². The monoisotopic (exact) mass is 455 g/mol. The van der Waals surface area contributed by atoms with Gasteiger partial charge < -0.3 is 30.1 Å². The molecule has 1 heterocycles. The molecule has 3 N–H and O–H groups in total. The first-order valence-corrected chi connectivity index (χ1v) is 11.4. The molecule has 0 saturated carbocycles. The third kappa shape index (κ3) is 9.11. The Morgan fingerprint density at radius 2 is 1.73 bits per heavy atom. The summed E-state index contributed by atoms with van der Waals surface area (Å²) in [6.07, 6.45) is 1.49. The minimum Gasteiger partial charge on any atom is -0.494 e. The quantitative estimate of drug-likeness (QED) is 0.423. The molecule has 0 bridgehead atoms. The predicted molar refractivity (Wildman–Crippen MR) is 125 cm³/mol. The molecule has 1 aliphatic heterocycles. The largest absolute Gasteiger partial charge is 0.494 e. The van der Waals surface area contributed by atoms with Crippen molar-refractivity contribution < 1.29 is 24.2 Å². The van der Waals surface area contributed by atoms with E-state index in [9.17, 15) is 14.7 Å². The summed E-state index contributed by atoms with van der Waals surface area (Å²) in [5.41, 5.74) is 1.62. The molecular weight excluding hydrogens is 422 g/mol. The zero-order valence-corrected chi connectivity index (χ0v) is 18.9. The van der Waals surface area contributed by atoms with Crippen LogP contribution in [0.1, 0.15) is 24.0 Å². The molecule has 8 nitrogen and oxygen atoms in total. The number of unbranched alkanes of at least 4 members (excludes halogenated alkanes) is 1. The van der Waals surface area contributed by atoms with E-state index in [0.717, 1.165) is 62.4 Å². The van der Waals surface area contributed by atoms with E-state index < -0.39 is 18.1 Å². The van der Waals surface area contributed by atoms with Gasteiger partial charge in [0.25, 0.3) is 0 Å². The van der Waals surface area contributed by atoms with Gasteiger partial charge in [0.05, 0.1) is 6.61 Å². The number of carbonyl (C=O) groups excluding carboxylic acids is 1. The Hall–Kier alpha value is -3.10. The van der Waals surface area contributed by atoms with E-state index in [2.05, 4.69) is 15.5 Å². The summed E-state index contributed by atoms with van der Waals surface area (Å²) in [5.74, 6) is -0.362. The van der Waals surface area contributed by atoms with Crippen LogP contribution in [0.4, 0.5) is 4.79 Å². The Kier molecular flexibility index (Phi) is 10.0. The number of hydrogen-bond donors (Lipinski definition) is 3. The van der Waals surface area contributed by atoms with Crippen LogP contribution in [0.15, 0.2) is 54.6 Å². The highest BCUT2D eigenvalue weighted by atomic mass is 16.5. The van der Waals surface area contributed by atoms with Crippen LogP contribution in [0.3, 0.4) is 0 Å². The fourth-order valence-corrected chi connectivity index (χ4v) is 3.63. The van der Waals surface area contributed by atoms with Crippen molar-refractivity contribution in [1.82, 2.24) is 15.5 Å². The average Bonchev–Trinajstić information content (AvgIpc) is 2.84. The van der Waals surface area contributed by atoms with E-state index in [1.165, 1.54) is 0 Å². The Labute approximate surface area is 194 Å². The molecule has 2 aromatic carbocycles. The van der Waals surface area contributed by atoms with Crippen LogP contribution in [0, 0.1) is 0 Å². The molecule has 0 spiro atoms. The molecule has 0 unspecified atom stereocenters. The summed E-state index contributed by atoms with van der Waals surface area (Å²) in [5, 5.41) is 15.3. The van der Waals surface area contributed by atoms with Crippen molar-refractivity contribution in [3.8, 4) is 5.75 Å². The van der Waals surface area contributed by atoms with Crippen molar-refractivity contribution >= 4 is 12.1 Å². The van der Waals surface area contributed by atoms with Crippen LogP contribution in [0.25, 0.3) is 0 Å². The highest BCUT2D eigenvalue weighted by Crippen LogP contribution is 2.14. The van der Waals surface area contributed by atoms with E-state index >= 15 is 0 Å². The first-order valence-electron chi connectivity index (χ1n) is 11.4. The van der Waals surface area contributed by atoms with Crippen LogP contribution in [0.5, 0.6) is 5.75 Å². The molecular formula is C25H33N3O5. The fraction of sp³-hybridized carbons (Fsp3) is 0.440. The number of nitrogens with one attached hydrogen (secondary N) is 2. The highest BCUT2D eigenvalue weighted by molar-refractivity contribution is 5.80. The third-order valence-electron chi connectivity index (χ3n) is 5.51. The van der Waals surface area contributed by atoms with Gasteiger partial charge in [-0.05, 0) is 42.6 Å². The molecule has 2 aromatic rings. The van der Waals surface area contributed by atoms with Crippen molar-refractivity contribution in [3.05, 3.63) is 65.7 Å². The Bertz CT molecular complexity index is 854. The Balaban J connectivity index is 1.37. The van der Waals surface area contributed by atoms with Crippen molar-refractivity contribution in [2.24, 2.45) is 0 Å². The highest BCUT2D eigenvalue weighted by Gasteiger charge is 2.21. The van der Waals surface area contributed by atoms with Crippen LogP contribution in [0.2, 0.25) is 0 Å². The number of carbonyl (C=O) groups is 2. The van der Waals surface area contributed by atoms with Gasteiger partial charge in [-0.25, -0.2) is 9.59 Å². The summed E-state index contributed by atoms with van der Waals surface area (Å²) in [7, 11) is 0. The van der Waals surface area contributed by atoms with Gasteiger partial charge in [-0.1, -0.05) is 42.5 Å². The number of carboxylic acids is 1. The maximum atomic E-state index is 12.0. The molecule has 0 aliphatic carbocycles. The molecule has 1 atom stereocenters. The summed E-state index contributed by atoms with van der Waals surface area (Å²) in [6, 6.07) is 15.5. The lowest BCUT2D eigenvalue weighted by Gasteiger charge is -2.26. The lowest BCUT2D eigenvalue weighted by molar-refractivity contribution is -0.139. The van der Waals surface area contributed by atoms with Gasteiger partial charge in [-0.2, -0.15) is 0 Å². The maximum Gasteiger partial charge on any atom is 0.408 e. The molecule has 1 amide bonds. The van der Waals surface area contributed by atoms with Gasteiger partial charge in [0.1, 0.15) is 18.4 Å². The SMILES string of the molecule is O=C(N[C@@H](Cc1ccc(OCCCCN2CCNCC2)cc1)C(=O)O)OCc1ccccc1. The lowest BCUT2D eigenvalue weighted by Crippen LogP contribution is -2.43. The second-order valence-electron chi connectivity index (χ2n) is 8.09. The number of carboxylic acid groups (broad SMARTS) is 1. The van der Waals surface area contributed by atoms with Crippen molar-refractivity contribution in [1.29, 1.82) is 0 Å². The zero-order chi connectivity index (χ0) is 23.3. The van der Waals surface area contributed by atoms with Gasteiger partial charge in [-0.15, -0.1) is 0 Å². The number of aliphatic carboxylic acids is 1. The average molecular weight is 456 g/mol. The van der Waals surface area contributed by atoms with Crippen molar-refractivity contribution in [2.75, 3.05) is 39.3 Å². The minimum atomic E-state index is -1.11. The molecule has 3 rings (SSSR count). The van der Waals surface area contributed by atoms with Gasteiger partial charge >= 0.3 is 12.1 Å². The Morgan fingerprint density at radius 3 is 2.42 bits per heavy atom. The fourth-order valence-electron chi connectivity index (χ4n) is 3.63. The van der Waals surface area contributed by atoms with E-state index in [4.69, 9.17) is 9.47 Å². The van der Waals surface area contributed by atoms with E-state index in [1.54, 1.807) is 0 Å². The Morgan fingerprint density at radius 1 is 1.00 bits per heavy atom. The first kappa shape index (κ1) is 24.5. The summed E-state index contributed by atoms with van der Waals surface area (Å²) in [4.78, 5) is 26.1. The number of hydrogen-bond acceptors (Lipinski definition) is 6. The van der Waals surface area contributed by atoms with E-state index in [-0.39, 0.29) is 13.0 Å². The zero-order valence-electron chi connectivity index (χ0n) is 18.9.